The van der Waals surface area contributed by atoms with Gasteiger partial charge in [-0.25, -0.2) is 0 Å². The van der Waals surface area contributed by atoms with E-state index in [1.165, 1.54) is 6.92 Å². The maximum Gasteiger partial charge on any atom is 0.244 e. The van der Waals surface area contributed by atoms with Crippen LogP contribution in [0.4, 0.5) is 5.69 Å². The summed E-state index contributed by atoms with van der Waals surface area (Å²) in [6.07, 6.45) is 0.841. The molecule has 0 saturated carbocycles. The van der Waals surface area contributed by atoms with Crippen molar-refractivity contribution in [2.45, 2.75) is 40.2 Å². The number of carbonyl (C=O) groups excluding carboxylic acids is 2. The van der Waals surface area contributed by atoms with Crippen molar-refractivity contribution in [1.82, 2.24) is 4.90 Å². The highest BCUT2D eigenvalue weighted by atomic mass is 16.2. The Bertz CT molecular complexity index is 741. The second-order valence-corrected chi connectivity index (χ2v) is 6.24. The van der Waals surface area contributed by atoms with Crippen molar-refractivity contribution in [3.8, 4) is 0 Å². The van der Waals surface area contributed by atoms with Crippen LogP contribution in [0.2, 0.25) is 0 Å². The van der Waals surface area contributed by atoms with E-state index in [4.69, 9.17) is 0 Å². The molecule has 1 N–H and O–H groups in total. The second kappa shape index (κ2) is 8.47. The number of anilines is 1. The van der Waals surface area contributed by atoms with Gasteiger partial charge in [0.1, 0.15) is 6.54 Å². The highest BCUT2D eigenvalue weighted by Gasteiger charge is 2.21. The Labute approximate surface area is 149 Å². The molecule has 0 saturated heterocycles. The maximum atomic E-state index is 12.6. The number of rotatable bonds is 6. The van der Waals surface area contributed by atoms with Crippen LogP contribution in [0.3, 0.4) is 0 Å². The SMILES string of the molecule is CCc1cccc(C)c1NC(=O)CN(C(C)=O)C(C)c1ccccc1. The smallest absolute Gasteiger partial charge is 0.244 e. The zero-order chi connectivity index (χ0) is 18.4. The minimum Gasteiger partial charge on any atom is -0.327 e. The Kier molecular flexibility index (Phi) is 6.34. The maximum absolute atomic E-state index is 12.6. The number of nitrogens with one attached hydrogen (secondary N) is 1. The molecule has 2 rings (SSSR count). The van der Waals surface area contributed by atoms with Gasteiger partial charge < -0.3 is 10.2 Å². The lowest BCUT2D eigenvalue weighted by atomic mass is 10.1. The fraction of sp³-hybridized carbons (Fsp3) is 0.333. The first-order valence-electron chi connectivity index (χ1n) is 8.64. The Morgan fingerprint density at radius 1 is 1.08 bits per heavy atom. The number of hydrogen-bond acceptors (Lipinski definition) is 2. The van der Waals surface area contributed by atoms with E-state index in [2.05, 4.69) is 12.2 Å². The quantitative estimate of drug-likeness (QED) is 0.862. The van der Waals surface area contributed by atoms with E-state index >= 15 is 0 Å². The van der Waals surface area contributed by atoms with Gasteiger partial charge in [-0.15, -0.1) is 0 Å². The monoisotopic (exact) mass is 338 g/mol. The van der Waals surface area contributed by atoms with Gasteiger partial charge in [-0.2, -0.15) is 0 Å². The van der Waals surface area contributed by atoms with Crippen molar-refractivity contribution in [3.63, 3.8) is 0 Å². The lowest BCUT2D eigenvalue weighted by Crippen LogP contribution is -2.38. The van der Waals surface area contributed by atoms with Gasteiger partial charge in [0.25, 0.3) is 0 Å². The summed E-state index contributed by atoms with van der Waals surface area (Å²) in [7, 11) is 0. The summed E-state index contributed by atoms with van der Waals surface area (Å²) in [5, 5.41) is 2.99. The lowest BCUT2D eigenvalue weighted by molar-refractivity contribution is -0.134. The minimum absolute atomic E-state index is 0.0306. The van der Waals surface area contributed by atoms with Crippen molar-refractivity contribution >= 4 is 17.5 Å². The number of hydrogen-bond donors (Lipinski definition) is 1. The molecule has 25 heavy (non-hydrogen) atoms. The molecule has 0 radical (unpaired) electrons. The van der Waals surface area contributed by atoms with Gasteiger partial charge in [-0.05, 0) is 37.0 Å². The zero-order valence-electron chi connectivity index (χ0n) is 15.4. The Hall–Kier alpha value is -2.62. The minimum atomic E-state index is -0.179. The summed E-state index contributed by atoms with van der Waals surface area (Å²) >= 11 is 0. The van der Waals surface area contributed by atoms with Crippen LogP contribution in [-0.2, 0) is 16.0 Å². The molecule has 0 aliphatic heterocycles. The molecule has 0 spiro atoms. The topological polar surface area (TPSA) is 49.4 Å². The van der Waals surface area contributed by atoms with Gasteiger partial charge in [-0.1, -0.05) is 55.5 Å². The molecule has 4 nitrogen and oxygen atoms in total. The largest absolute Gasteiger partial charge is 0.327 e. The van der Waals surface area contributed by atoms with Crippen molar-refractivity contribution in [2.75, 3.05) is 11.9 Å². The van der Waals surface area contributed by atoms with E-state index in [1.807, 2.05) is 62.4 Å². The first-order chi connectivity index (χ1) is 11.9. The summed E-state index contributed by atoms with van der Waals surface area (Å²) in [5.74, 6) is -0.297. The van der Waals surface area contributed by atoms with Crippen molar-refractivity contribution in [3.05, 3.63) is 65.2 Å². The van der Waals surface area contributed by atoms with Gasteiger partial charge in [-0.3, -0.25) is 9.59 Å². The van der Waals surface area contributed by atoms with Crippen LogP contribution in [0.5, 0.6) is 0 Å². The van der Waals surface area contributed by atoms with Crippen LogP contribution in [0, 0.1) is 6.92 Å². The average Bonchev–Trinajstić information content (AvgIpc) is 2.61. The molecule has 132 valence electrons. The number of aryl methyl sites for hydroxylation is 2. The first kappa shape index (κ1) is 18.7. The average molecular weight is 338 g/mol. The van der Waals surface area contributed by atoms with Gasteiger partial charge in [0.15, 0.2) is 0 Å². The molecule has 2 aromatic rings. The molecule has 2 aromatic carbocycles. The molecule has 0 aliphatic carbocycles. The van der Waals surface area contributed by atoms with E-state index < -0.39 is 0 Å². The van der Waals surface area contributed by atoms with E-state index in [0.29, 0.717) is 0 Å². The van der Waals surface area contributed by atoms with Crippen LogP contribution < -0.4 is 5.32 Å². The Balaban J connectivity index is 2.15. The fourth-order valence-corrected chi connectivity index (χ4v) is 2.97. The third-order valence-corrected chi connectivity index (χ3v) is 4.47. The molecule has 4 heteroatoms. The molecular formula is C21H26N2O2. The van der Waals surface area contributed by atoms with E-state index in [0.717, 1.165) is 28.8 Å². The van der Waals surface area contributed by atoms with Gasteiger partial charge in [0.05, 0.1) is 6.04 Å². The molecule has 1 atom stereocenters. The summed E-state index contributed by atoms with van der Waals surface area (Å²) in [5.41, 5.74) is 3.98. The summed E-state index contributed by atoms with van der Waals surface area (Å²) in [6, 6.07) is 15.6. The number of benzene rings is 2. The molecule has 0 bridgehead atoms. The summed E-state index contributed by atoms with van der Waals surface area (Å²) in [6.45, 7) is 7.50. The molecule has 1 unspecified atom stereocenters. The highest BCUT2D eigenvalue weighted by Crippen LogP contribution is 2.23. The van der Waals surface area contributed by atoms with E-state index in [-0.39, 0.29) is 24.4 Å². The summed E-state index contributed by atoms with van der Waals surface area (Å²) < 4.78 is 0. The second-order valence-electron chi connectivity index (χ2n) is 6.24. The molecule has 0 aromatic heterocycles. The Morgan fingerprint density at radius 2 is 1.76 bits per heavy atom. The van der Waals surface area contributed by atoms with Crippen LogP contribution in [0.25, 0.3) is 0 Å². The number of nitrogens with zero attached hydrogens (tertiary/aromatic N) is 1. The molecular weight excluding hydrogens is 312 g/mol. The molecule has 0 heterocycles. The Morgan fingerprint density at radius 3 is 2.36 bits per heavy atom. The number of amides is 2. The molecule has 0 aliphatic rings. The van der Waals surface area contributed by atoms with Crippen LogP contribution in [-0.4, -0.2) is 23.3 Å². The third kappa shape index (κ3) is 4.69. The predicted molar refractivity (Wildman–Crippen MR) is 101 cm³/mol. The standard InChI is InChI=1S/C21H26N2O2/c1-5-18-13-9-10-15(2)21(18)22-20(25)14-23(17(4)24)16(3)19-11-7-6-8-12-19/h6-13,16H,5,14H2,1-4H3,(H,22,25). The van der Waals surface area contributed by atoms with Crippen LogP contribution >= 0.6 is 0 Å². The lowest BCUT2D eigenvalue weighted by Gasteiger charge is -2.28. The highest BCUT2D eigenvalue weighted by molar-refractivity contribution is 5.95. The van der Waals surface area contributed by atoms with Crippen LogP contribution in [0.15, 0.2) is 48.5 Å². The van der Waals surface area contributed by atoms with Gasteiger partial charge in [0, 0.05) is 12.6 Å². The summed E-state index contributed by atoms with van der Waals surface area (Å²) in [4.78, 5) is 26.3. The predicted octanol–water partition coefficient (Wildman–Crippen LogP) is 4.11. The van der Waals surface area contributed by atoms with E-state index in [9.17, 15) is 9.59 Å². The number of carbonyl (C=O) groups is 2. The molecule has 2 amide bonds. The van der Waals surface area contributed by atoms with Crippen molar-refractivity contribution in [1.29, 1.82) is 0 Å². The van der Waals surface area contributed by atoms with Crippen molar-refractivity contribution in [2.24, 2.45) is 0 Å². The van der Waals surface area contributed by atoms with Gasteiger partial charge >= 0.3 is 0 Å². The van der Waals surface area contributed by atoms with Crippen molar-refractivity contribution < 1.29 is 9.59 Å². The zero-order valence-corrected chi connectivity index (χ0v) is 15.4. The van der Waals surface area contributed by atoms with Gasteiger partial charge in [0.2, 0.25) is 11.8 Å². The third-order valence-electron chi connectivity index (χ3n) is 4.47. The first-order valence-corrected chi connectivity index (χ1v) is 8.64. The fourth-order valence-electron chi connectivity index (χ4n) is 2.97. The molecule has 0 fully saturated rings. The normalized spacial score (nSPS) is 11.7. The van der Waals surface area contributed by atoms with Crippen LogP contribution in [0.1, 0.15) is 43.5 Å². The number of para-hydroxylation sites is 1. The van der Waals surface area contributed by atoms with E-state index in [1.54, 1.807) is 4.90 Å².